The molecule has 0 atom stereocenters. The van der Waals surface area contributed by atoms with E-state index in [1.807, 2.05) is 52.8 Å². The van der Waals surface area contributed by atoms with Crippen molar-refractivity contribution in [3.8, 4) is 5.69 Å². The standard InChI is InChI=1S/C17H20BBrFN3O2/c1-11-8-12(19)6-7-14(11)23-10-13(21-22-23)9-15(20)18-24-16(2,3)17(4,5)25-18/h6-10H,1-5H3. The number of aryl methyl sites for hydroxylation is 1. The monoisotopic (exact) mass is 407 g/mol. The molecule has 2 aromatic rings. The SMILES string of the molecule is Cc1cc(Br)ccc1-n1cc(C=C(F)B2OC(C)(C)C(C)(C)O2)nn1. The first-order valence-electron chi connectivity index (χ1n) is 8.01. The van der Waals surface area contributed by atoms with E-state index in [1.165, 1.54) is 6.08 Å². The van der Waals surface area contributed by atoms with Crippen LogP contribution in [0.25, 0.3) is 11.8 Å². The topological polar surface area (TPSA) is 49.2 Å². The largest absolute Gasteiger partial charge is 0.525 e. The number of benzene rings is 1. The Morgan fingerprint density at radius 2 is 1.88 bits per heavy atom. The zero-order chi connectivity index (χ0) is 18.4. The van der Waals surface area contributed by atoms with Crippen LogP contribution < -0.4 is 0 Å². The predicted molar refractivity (Wildman–Crippen MR) is 99.0 cm³/mol. The molecule has 1 aliphatic rings. The summed E-state index contributed by atoms with van der Waals surface area (Å²) in [6.07, 6.45) is 2.96. The Hall–Kier alpha value is -1.51. The second kappa shape index (κ2) is 6.34. The van der Waals surface area contributed by atoms with E-state index in [1.54, 1.807) is 10.9 Å². The number of hydrogen-bond acceptors (Lipinski definition) is 4. The lowest BCUT2D eigenvalue weighted by Gasteiger charge is -2.32. The first kappa shape index (κ1) is 18.3. The molecule has 1 aromatic heterocycles. The lowest BCUT2D eigenvalue weighted by Crippen LogP contribution is -2.41. The van der Waals surface area contributed by atoms with Gasteiger partial charge in [-0.05, 0) is 64.5 Å². The minimum absolute atomic E-state index is 0.398. The number of aromatic nitrogens is 3. The Labute approximate surface area is 155 Å². The highest BCUT2D eigenvalue weighted by Gasteiger charge is 2.53. The Kier molecular flexibility index (Phi) is 4.64. The van der Waals surface area contributed by atoms with Gasteiger partial charge in [-0.15, -0.1) is 5.10 Å². The molecule has 0 bridgehead atoms. The fraction of sp³-hybridized carbons (Fsp3) is 0.412. The van der Waals surface area contributed by atoms with Gasteiger partial charge >= 0.3 is 7.12 Å². The number of nitrogens with zero attached hydrogens (tertiary/aromatic N) is 3. The molecule has 0 radical (unpaired) electrons. The van der Waals surface area contributed by atoms with Gasteiger partial charge in [0.05, 0.1) is 23.1 Å². The van der Waals surface area contributed by atoms with Crippen LogP contribution in [0.15, 0.2) is 34.6 Å². The maximum Gasteiger partial charge on any atom is 0.525 e. The van der Waals surface area contributed by atoms with Crippen LogP contribution in [0.5, 0.6) is 0 Å². The molecule has 8 heteroatoms. The van der Waals surface area contributed by atoms with Crippen LogP contribution in [0, 0.1) is 6.92 Å². The number of halogens is 2. The first-order valence-corrected chi connectivity index (χ1v) is 8.80. The van der Waals surface area contributed by atoms with Crippen molar-refractivity contribution in [3.05, 3.63) is 45.9 Å². The van der Waals surface area contributed by atoms with E-state index in [-0.39, 0.29) is 0 Å². The molecular formula is C17H20BBrFN3O2. The van der Waals surface area contributed by atoms with Crippen LogP contribution in [0.4, 0.5) is 4.39 Å². The third kappa shape index (κ3) is 3.56. The van der Waals surface area contributed by atoms with Crippen molar-refractivity contribution in [1.29, 1.82) is 0 Å². The van der Waals surface area contributed by atoms with Gasteiger partial charge in [0.15, 0.2) is 0 Å². The Morgan fingerprint density at radius 1 is 1.24 bits per heavy atom. The van der Waals surface area contributed by atoms with Crippen LogP contribution in [0.2, 0.25) is 0 Å². The average molecular weight is 408 g/mol. The lowest BCUT2D eigenvalue weighted by atomic mass is 9.87. The lowest BCUT2D eigenvalue weighted by molar-refractivity contribution is 0.00578. The second-order valence-corrected chi connectivity index (χ2v) is 8.05. The summed E-state index contributed by atoms with van der Waals surface area (Å²) in [4.78, 5) is 0. The van der Waals surface area contributed by atoms with Gasteiger partial charge in [0.1, 0.15) is 11.4 Å². The van der Waals surface area contributed by atoms with Gasteiger partial charge in [-0.25, -0.2) is 9.07 Å². The summed E-state index contributed by atoms with van der Waals surface area (Å²) >= 11 is 3.43. The molecule has 0 spiro atoms. The van der Waals surface area contributed by atoms with Crippen LogP contribution in [-0.2, 0) is 9.31 Å². The minimum Gasteiger partial charge on any atom is -0.398 e. The van der Waals surface area contributed by atoms with E-state index in [0.717, 1.165) is 15.7 Å². The highest BCUT2D eigenvalue weighted by molar-refractivity contribution is 9.10. The molecule has 1 fully saturated rings. The van der Waals surface area contributed by atoms with Crippen molar-refractivity contribution in [3.63, 3.8) is 0 Å². The zero-order valence-electron chi connectivity index (χ0n) is 14.9. The Bertz CT molecular complexity index is 819. The van der Waals surface area contributed by atoms with Crippen LogP contribution in [-0.4, -0.2) is 33.3 Å². The molecular weight excluding hydrogens is 388 g/mol. The van der Waals surface area contributed by atoms with Crippen molar-refractivity contribution in [2.75, 3.05) is 0 Å². The molecule has 25 heavy (non-hydrogen) atoms. The van der Waals surface area contributed by atoms with E-state index in [9.17, 15) is 4.39 Å². The molecule has 132 valence electrons. The maximum absolute atomic E-state index is 14.6. The van der Waals surface area contributed by atoms with E-state index in [2.05, 4.69) is 26.2 Å². The van der Waals surface area contributed by atoms with Gasteiger partial charge < -0.3 is 9.31 Å². The first-order chi connectivity index (χ1) is 11.6. The zero-order valence-corrected chi connectivity index (χ0v) is 16.5. The van der Waals surface area contributed by atoms with E-state index >= 15 is 0 Å². The molecule has 0 amide bonds. The molecule has 0 aliphatic carbocycles. The van der Waals surface area contributed by atoms with Crippen LogP contribution >= 0.6 is 15.9 Å². The number of rotatable bonds is 3. The summed E-state index contributed by atoms with van der Waals surface area (Å²) < 4.78 is 28.5. The molecule has 1 aliphatic heterocycles. The summed E-state index contributed by atoms with van der Waals surface area (Å²) in [5.74, 6) is 0. The predicted octanol–water partition coefficient (Wildman–Crippen LogP) is 4.28. The van der Waals surface area contributed by atoms with Gasteiger partial charge in [0.2, 0.25) is 0 Å². The molecule has 0 saturated carbocycles. The molecule has 0 unspecified atom stereocenters. The van der Waals surface area contributed by atoms with Gasteiger partial charge in [-0.3, -0.25) is 0 Å². The molecule has 2 heterocycles. The highest BCUT2D eigenvalue weighted by atomic mass is 79.9. The van der Waals surface area contributed by atoms with Gasteiger partial charge in [0.25, 0.3) is 0 Å². The van der Waals surface area contributed by atoms with Crippen LogP contribution in [0.1, 0.15) is 39.0 Å². The quantitative estimate of drug-likeness (QED) is 0.712. The summed E-state index contributed by atoms with van der Waals surface area (Å²) in [5.41, 5.74) is 0.602. The Balaban J connectivity index is 1.82. The minimum atomic E-state index is -1.04. The van der Waals surface area contributed by atoms with Gasteiger partial charge in [-0.1, -0.05) is 21.1 Å². The van der Waals surface area contributed by atoms with Crippen molar-refractivity contribution >= 4 is 29.1 Å². The molecule has 1 saturated heterocycles. The summed E-state index contributed by atoms with van der Waals surface area (Å²) in [7, 11) is -1.04. The normalized spacial score (nSPS) is 19.5. The molecule has 5 nitrogen and oxygen atoms in total. The average Bonchev–Trinajstić information content (AvgIpc) is 3.01. The van der Waals surface area contributed by atoms with E-state index in [4.69, 9.17) is 9.31 Å². The fourth-order valence-electron chi connectivity index (χ4n) is 2.50. The summed E-state index contributed by atoms with van der Waals surface area (Å²) in [6, 6.07) is 5.83. The molecule has 3 rings (SSSR count). The maximum atomic E-state index is 14.6. The summed E-state index contributed by atoms with van der Waals surface area (Å²) in [5, 5.41) is 8.09. The highest BCUT2D eigenvalue weighted by Crippen LogP contribution is 2.39. The van der Waals surface area contributed by atoms with Gasteiger partial charge in [0, 0.05) is 4.47 Å². The van der Waals surface area contributed by atoms with Crippen molar-refractivity contribution in [2.45, 2.75) is 45.8 Å². The second-order valence-electron chi connectivity index (χ2n) is 7.14. The van der Waals surface area contributed by atoms with Crippen molar-refractivity contribution < 1.29 is 13.7 Å². The van der Waals surface area contributed by atoms with E-state index < -0.39 is 24.0 Å². The fourth-order valence-corrected chi connectivity index (χ4v) is 2.98. The molecule has 1 aromatic carbocycles. The van der Waals surface area contributed by atoms with Gasteiger partial charge in [-0.2, -0.15) is 0 Å². The Morgan fingerprint density at radius 3 is 2.48 bits per heavy atom. The smallest absolute Gasteiger partial charge is 0.398 e. The van der Waals surface area contributed by atoms with E-state index in [0.29, 0.717) is 5.69 Å². The number of hydrogen-bond donors (Lipinski definition) is 0. The van der Waals surface area contributed by atoms with Crippen molar-refractivity contribution in [2.24, 2.45) is 0 Å². The third-order valence-electron chi connectivity index (χ3n) is 4.68. The third-order valence-corrected chi connectivity index (χ3v) is 5.17. The van der Waals surface area contributed by atoms with Crippen molar-refractivity contribution in [1.82, 2.24) is 15.0 Å². The summed E-state index contributed by atoms with van der Waals surface area (Å²) in [6.45, 7) is 9.50. The molecule has 0 N–H and O–H groups in total. The van der Waals surface area contributed by atoms with Crippen LogP contribution in [0.3, 0.4) is 0 Å².